The summed E-state index contributed by atoms with van der Waals surface area (Å²) in [5.74, 6) is 0. The zero-order chi connectivity index (χ0) is 10.7. The molecular formula is C11H12BN3. The van der Waals surface area contributed by atoms with E-state index in [0.717, 1.165) is 24.4 Å². The normalized spacial score (nSPS) is 10.5. The molecule has 0 unspecified atom stereocenters. The lowest BCUT2D eigenvalue weighted by Crippen LogP contribution is -2.21. The molecule has 0 aliphatic carbocycles. The number of imidazole rings is 1. The van der Waals surface area contributed by atoms with Crippen LogP contribution >= 0.6 is 0 Å². The van der Waals surface area contributed by atoms with Crippen LogP contribution in [0, 0.1) is 6.92 Å². The number of aromatic nitrogens is 3. The molecule has 3 nitrogen and oxygen atoms in total. The maximum atomic E-state index is 5.74. The minimum absolute atomic E-state index is 0.573. The summed E-state index contributed by atoms with van der Waals surface area (Å²) >= 11 is 0. The van der Waals surface area contributed by atoms with Gasteiger partial charge >= 0.3 is 0 Å². The first-order chi connectivity index (χ1) is 7.27. The van der Waals surface area contributed by atoms with E-state index in [9.17, 15) is 0 Å². The lowest BCUT2D eigenvalue weighted by molar-refractivity contribution is 0.685. The zero-order valence-corrected chi connectivity index (χ0v) is 8.72. The van der Waals surface area contributed by atoms with E-state index >= 15 is 0 Å². The first kappa shape index (κ1) is 9.96. The van der Waals surface area contributed by atoms with Crippen molar-refractivity contribution >= 4 is 13.6 Å². The molecule has 0 atom stereocenters. The summed E-state index contributed by atoms with van der Waals surface area (Å²) in [6.45, 7) is 2.83. The molecule has 2 aromatic heterocycles. The van der Waals surface area contributed by atoms with E-state index in [1.807, 2.05) is 29.7 Å². The molecular weight excluding hydrogens is 185 g/mol. The Morgan fingerprint density at radius 2 is 2.20 bits per heavy atom. The van der Waals surface area contributed by atoms with Crippen molar-refractivity contribution in [1.82, 2.24) is 14.5 Å². The van der Waals surface area contributed by atoms with Crippen LogP contribution in [0.3, 0.4) is 0 Å². The van der Waals surface area contributed by atoms with Crippen molar-refractivity contribution in [3.8, 4) is 0 Å². The van der Waals surface area contributed by atoms with Crippen molar-refractivity contribution < 1.29 is 0 Å². The molecule has 0 fully saturated rings. The van der Waals surface area contributed by atoms with Crippen LogP contribution in [-0.4, -0.2) is 22.4 Å². The predicted octanol–water partition coefficient (Wildman–Crippen LogP) is 0.623. The lowest BCUT2D eigenvalue weighted by atomic mass is 10.1. The van der Waals surface area contributed by atoms with Crippen molar-refractivity contribution in [3.05, 3.63) is 42.0 Å². The van der Waals surface area contributed by atoms with Crippen molar-refractivity contribution in [2.24, 2.45) is 0 Å². The molecule has 4 heteroatoms. The fraction of sp³-hybridized carbons (Fsp3) is 0.273. The van der Waals surface area contributed by atoms with Gasteiger partial charge in [-0.05, 0) is 19.1 Å². The van der Waals surface area contributed by atoms with E-state index in [1.54, 1.807) is 12.4 Å². The van der Waals surface area contributed by atoms with Crippen LogP contribution in [0.25, 0.3) is 0 Å². The van der Waals surface area contributed by atoms with Crippen molar-refractivity contribution in [1.29, 1.82) is 0 Å². The van der Waals surface area contributed by atoms with Gasteiger partial charge in [0.15, 0.2) is 7.85 Å². The summed E-state index contributed by atoms with van der Waals surface area (Å²) in [5.41, 5.74) is 2.73. The Morgan fingerprint density at radius 3 is 2.80 bits per heavy atom. The average Bonchev–Trinajstić information content (AvgIpc) is 2.58. The first-order valence-corrected chi connectivity index (χ1v) is 4.95. The number of aryl methyl sites for hydroxylation is 2. The van der Waals surface area contributed by atoms with Gasteiger partial charge in [0.2, 0.25) is 0 Å². The molecule has 0 bridgehead atoms. The minimum Gasteiger partial charge on any atom is -0.341 e. The van der Waals surface area contributed by atoms with Gasteiger partial charge in [0.25, 0.3) is 0 Å². The summed E-state index contributed by atoms with van der Waals surface area (Å²) < 4.78 is 1.99. The highest BCUT2D eigenvalue weighted by atomic mass is 15.1. The van der Waals surface area contributed by atoms with Gasteiger partial charge in [-0.3, -0.25) is 9.97 Å². The number of hydrogen-bond donors (Lipinski definition) is 0. The first-order valence-electron chi connectivity index (χ1n) is 4.95. The number of hydrogen-bond acceptors (Lipinski definition) is 2. The number of pyridine rings is 1. The van der Waals surface area contributed by atoms with E-state index < -0.39 is 0 Å². The second-order valence-electron chi connectivity index (χ2n) is 3.48. The van der Waals surface area contributed by atoms with Gasteiger partial charge in [-0.2, -0.15) is 0 Å². The third-order valence-corrected chi connectivity index (χ3v) is 2.40. The highest BCUT2D eigenvalue weighted by Gasteiger charge is 2.01. The third kappa shape index (κ3) is 2.26. The van der Waals surface area contributed by atoms with Gasteiger partial charge < -0.3 is 4.57 Å². The zero-order valence-electron chi connectivity index (χ0n) is 8.72. The summed E-state index contributed by atoms with van der Waals surface area (Å²) in [6.07, 6.45) is 4.47. The molecule has 0 aliphatic rings. The van der Waals surface area contributed by atoms with Crippen LogP contribution < -0.4 is 5.72 Å². The fourth-order valence-corrected chi connectivity index (χ4v) is 1.54. The van der Waals surface area contributed by atoms with Gasteiger partial charge in [0, 0.05) is 42.5 Å². The van der Waals surface area contributed by atoms with Gasteiger partial charge in [-0.25, -0.2) is 0 Å². The standard InChI is InChI=1S/C11H12BN3/c1-9-8-14-11(12)15(9)7-5-10-4-2-3-6-13-10/h2-4,6,8H,5,7H2,1H3. The number of nitrogens with zero attached hydrogens (tertiary/aromatic N) is 3. The van der Waals surface area contributed by atoms with Crippen molar-refractivity contribution in [2.75, 3.05) is 0 Å². The van der Waals surface area contributed by atoms with Crippen molar-refractivity contribution in [2.45, 2.75) is 19.9 Å². The maximum Gasteiger partial charge on any atom is 0.167 e. The monoisotopic (exact) mass is 197 g/mol. The molecule has 2 rings (SSSR count). The minimum atomic E-state index is 0.573. The van der Waals surface area contributed by atoms with Gasteiger partial charge in [0.1, 0.15) is 0 Å². The van der Waals surface area contributed by atoms with E-state index in [2.05, 4.69) is 9.97 Å². The van der Waals surface area contributed by atoms with Gasteiger partial charge in [-0.1, -0.05) is 6.07 Å². The Balaban J connectivity index is 2.05. The lowest BCUT2D eigenvalue weighted by Gasteiger charge is -2.07. The van der Waals surface area contributed by atoms with Crippen LogP contribution in [0.2, 0.25) is 0 Å². The van der Waals surface area contributed by atoms with Crippen LogP contribution in [0.5, 0.6) is 0 Å². The molecule has 2 radical (unpaired) electrons. The maximum absolute atomic E-state index is 5.74. The second-order valence-corrected chi connectivity index (χ2v) is 3.48. The van der Waals surface area contributed by atoms with E-state index in [4.69, 9.17) is 7.85 Å². The summed E-state index contributed by atoms with van der Waals surface area (Å²) in [4.78, 5) is 8.31. The second kappa shape index (κ2) is 4.30. The Bertz CT molecular complexity index is 417. The Labute approximate surface area is 90.6 Å². The van der Waals surface area contributed by atoms with Gasteiger partial charge in [0.05, 0.1) is 0 Å². The molecule has 0 saturated carbocycles. The summed E-state index contributed by atoms with van der Waals surface area (Å²) in [5, 5.41) is 0. The van der Waals surface area contributed by atoms with Crippen LogP contribution in [0.4, 0.5) is 0 Å². The highest BCUT2D eigenvalue weighted by Crippen LogP contribution is 1.99. The fourth-order valence-electron chi connectivity index (χ4n) is 1.54. The molecule has 15 heavy (non-hydrogen) atoms. The molecule has 74 valence electrons. The van der Waals surface area contributed by atoms with E-state index in [-0.39, 0.29) is 0 Å². The van der Waals surface area contributed by atoms with Crippen molar-refractivity contribution in [3.63, 3.8) is 0 Å². The molecule has 2 aromatic rings. The molecule has 0 spiro atoms. The largest absolute Gasteiger partial charge is 0.341 e. The molecule has 0 aromatic carbocycles. The average molecular weight is 197 g/mol. The smallest absolute Gasteiger partial charge is 0.167 e. The Kier molecular flexibility index (Phi) is 2.85. The summed E-state index contributed by atoms with van der Waals surface area (Å²) in [7, 11) is 5.74. The Morgan fingerprint density at radius 1 is 1.33 bits per heavy atom. The Hall–Kier alpha value is -1.58. The molecule has 0 saturated heterocycles. The summed E-state index contributed by atoms with van der Waals surface area (Å²) in [6, 6.07) is 5.93. The SMILES string of the molecule is [B]c1ncc(C)n1CCc1ccccn1. The van der Waals surface area contributed by atoms with Crippen LogP contribution in [-0.2, 0) is 13.0 Å². The predicted molar refractivity (Wildman–Crippen MR) is 60.3 cm³/mol. The number of rotatable bonds is 3. The molecule has 0 aliphatic heterocycles. The third-order valence-electron chi connectivity index (χ3n) is 2.40. The quantitative estimate of drug-likeness (QED) is 0.675. The molecule has 0 amide bonds. The van der Waals surface area contributed by atoms with E-state index in [0.29, 0.717) is 5.72 Å². The van der Waals surface area contributed by atoms with E-state index in [1.165, 1.54) is 0 Å². The van der Waals surface area contributed by atoms with Crippen LogP contribution in [0.1, 0.15) is 11.4 Å². The van der Waals surface area contributed by atoms with Gasteiger partial charge in [-0.15, -0.1) is 0 Å². The molecule has 2 heterocycles. The molecule has 0 N–H and O–H groups in total. The van der Waals surface area contributed by atoms with Crippen LogP contribution in [0.15, 0.2) is 30.6 Å². The topological polar surface area (TPSA) is 30.7 Å². The highest BCUT2D eigenvalue weighted by molar-refractivity contribution is 6.29.